The quantitative estimate of drug-likeness (QED) is 0.385. The number of ketones is 1. The average Bonchev–Trinajstić information content (AvgIpc) is 3.25. The van der Waals surface area contributed by atoms with Crippen molar-refractivity contribution in [1.29, 1.82) is 10.5 Å². The molecule has 3 aromatic carbocycles. The highest BCUT2D eigenvalue weighted by molar-refractivity contribution is 6.01. The second-order valence-electron chi connectivity index (χ2n) is 9.11. The molecule has 0 aliphatic carbocycles. The van der Waals surface area contributed by atoms with E-state index in [1.54, 1.807) is 18.2 Å². The van der Waals surface area contributed by atoms with E-state index >= 15 is 0 Å². The molecule has 1 saturated heterocycles. The number of rotatable bonds is 7. The van der Waals surface area contributed by atoms with Crippen LogP contribution in [0.3, 0.4) is 0 Å². The normalized spacial score (nSPS) is 20.8. The van der Waals surface area contributed by atoms with Crippen LogP contribution in [0.25, 0.3) is 6.08 Å². The smallest absolute Gasteiger partial charge is 0.185 e. The number of fused-ring (bicyclic) bond motifs is 3. The maximum Gasteiger partial charge on any atom is 0.185 e. The Bertz CT molecular complexity index is 1420. The van der Waals surface area contributed by atoms with Gasteiger partial charge in [-0.05, 0) is 49.2 Å². The SMILES string of the molecule is CCOc1ccc(OCC)c([C@H]2[C@H](C(=O)c3ccccc3)N3C=Cc4ccccc4C3C2(C#N)C#N)c1. The molecular weight excluding hydrogens is 462 g/mol. The lowest BCUT2D eigenvalue weighted by atomic mass is 9.67. The Hall–Kier alpha value is -4.55. The van der Waals surface area contributed by atoms with Gasteiger partial charge in [0.25, 0.3) is 0 Å². The molecule has 0 saturated carbocycles. The molecule has 2 aliphatic rings. The number of hydrogen-bond acceptors (Lipinski definition) is 6. The first kappa shape index (κ1) is 24.2. The molecule has 6 heteroatoms. The Labute approximate surface area is 217 Å². The van der Waals surface area contributed by atoms with Gasteiger partial charge in [0.1, 0.15) is 17.5 Å². The van der Waals surface area contributed by atoms with Crippen molar-refractivity contribution in [3.63, 3.8) is 0 Å². The second-order valence-corrected chi connectivity index (χ2v) is 9.11. The van der Waals surface area contributed by atoms with Gasteiger partial charge < -0.3 is 14.4 Å². The van der Waals surface area contributed by atoms with E-state index in [-0.39, 0.29) is 5.78 Å². The lowest BCUT2D eigenvalue weighted by molar-refractivity contribution is 0.0874. The van der Waals surface area contributed by atoms with Gasteiger partial charge in [-0.1, -0.05) is 54.6 Å². The predicted molar refractivity (Wildman–Crippen MR) is 140 cm³/mol. The molecule has 3 aromatic rings. The Morgan fingerprint density at radius 1 is 0.919 bits per heavy atom. The van der Waals surface area contributed by atoms with Crippen molar-refractivity contribution in [2.24, 2.45) is 5.41 Å². The molecular formula is C31H27N3O3. The number of benzene rings is 3. The molecule has 0 N–H and O–H groups in total. The second kappa shape index (κ2) is 9.84. The Morgan fingerprint density at radius 3 is 2.32 bits per heavy atom. The minimum absolute atomic E-state index is 0.156. The maximum absolute atomic E-state index is 14.2. The predicted octanol–water partition coefficient (Wildman–Crippen LogP) is 5.89. The van der Waals surface area contributed by atoms with Crippen molar-refractivity contribution >= 4 is 11.9 Å². The lowest BCUT2D eigenvalue weighted by Gasteiger charge is -2.34. The van der Waals surface area contributed by atoms with Crippen molar-refractivity contribution in [2.75, 3.05) is 13.2 Å². The molecule has 1 unspecified atom stereocenters. The van der Waals surface area contributed by atoms with E-state index in [9.17, 15) is 15.3 Å². The highest BCUT2D eigenvalue weighted by Crippen LogP contribution is 2.61. The largest absolute Gasteiger partial charge is 0.494 e. The van der Waals surface area contributed by atoms with Crippen LogP contribution in [-0.4, -0.2) is 29.9 Å². The van der Waals surface area contributed by atoms with Crippen LogP contribution >= 0.6 is 0 Å². The molecule has 5 rings (SSSR count). The summed E-state index contributed by atoms with van der Waals surface area (Å²) >= 11 is 0. The van der Waals surface area contributed by atoms with Gasteiger partial charge in [-0.2, -0.15) is 10.5 Å². The van der Waals surface area contributed by atoms with Gasteiger partial charge in [0.2, 0.25) is 0 Å². The number of carbonyl (C=O) groups is 1. The van der Waals surface area contributed by atoms with E-state index in [4.69, 9.17) is 9.47 Å². The Kier molecular flexibility index (Phi) is 6.42. The van der Waals surface area contributed by atoms with Crippen molar-refractivity contribution < 1.29 is 14.3 Å². The summed E-state index contributed by atoms with van der Waals surface area (Å²) in [5.41, 5.74) is 1.34. The first-order valence-corrected chi connectivity index (χ1v) is 12.5. The lowest BCUT2D eigenvalue weighted by Crippen LogP contribution is -2.37. The summed E-state index contributed by atoms with van der Waals surface area (Å²) in [5.74, 6) is 0.167. The minimum Gasteiger partial charge on any atom is -0.494 e. The molecule has 2 heterocycles. The zero-order valence-corrected chi connectivity index (χ0v) is 20.8. The van der Waals surface area contributed by atoms with Gasteiger partial charge in [-0.25, -0.2) is 0 Å². The first-order chi connectivity index (χ1) is 18.1. The van der Waals surface area contributed by atoms with Gasteiger partial charge >= 0.3 is 0 Å². The van der Waals surface area contributed by atoms with Gasteiger partial charge in [0, 0.05) is 17.3 Å². The third-order valence-corrected chi connectivity index (χ3v) is 7.20. The van der Waals surface area contributed by atoms with Crippen LogP contribution in [0.4, 0.5) is 0 Å². The molecule has 2 aliphatic heterocycles. The number of Topliss-reactive ketones (excluding diaryl/α,β-unsaturated/α-hetero) is 1. The maximum atomic E-state index is 14.2. The highest BCUT2D eigenvalue weighted by atomic mass is 16.5. The van der Waals surface area contributed by atoms with E-state index in [0.717, 1.165) is 11.1 Å². The number of nitrogens with zero attached hydrogens (tertiary/aromatic N) is 3. The van der Waals surface area contributed by atoms with Crippen LogP contribution in [0.1, 0.15) is 52.9 Å². The number of ether oxygens (including phenoxy) is 2. The van der Waals surface area contributed by atoms with Crippen LogP contribution in [0.15, 0.2) is 79.0 Å². The Balaban J connectivity index is 1.81. The Morgan fingerprint density at radius 2 is 1.62 bits per heavy atom. The first-order valence-electron chi connectivity index (χ1n) is 12.5. The summed E-state index contributed by atoms with van der Waals surface area (Å²) < 4.78 is 11.8. The summed E-state index contributed by atoms with van der Waals surface area (Å²) in [6.45, 7) is 4.62. The van der Waals surface area contributed by atoms with E-state index in [1.165, 1.54) is 0 Å². The van der Waals surface area contributed by atoms with Crippen molar-refractivity contribution in [2.45, 2.75) is 31.8 Å². The third-order valence-electron chi connectivity index (χ3n) is 7.20. The van der Waals surface area contributed by atoms with E-state index < -0.39 is 23.4 Å². The molecule has 0 amide bonds. The summed E-state index contributed by atoms with van der Waals surface area (Å²) in [7, 11) is 0. The van der Waals surface area contributed by atoms with Gasteiger partial charge in [-0.15, -0.1) is 0 Å². The fourth-order valence-corrected chi connectivity index (χ4v) is 5.72. The highest BCUT2D eigenvalue weighted by Gasteiger charge is 2.64. The van der Waals surface area contributed by atoms with Gasteiger partial charge in [-0.3, -0.25) is 4.79 Å². The summed E-state index contributed by atoms with van der Waals surface area (Å²) in [6, 6.07) is 25.5. The fraction of sp³-hybridized carbons (Fsp3) is 0.258. The number of hydrogen-bond donors (Lipinski definition) is 0. The topological polar surface area (TPSA) is 86.3 Å². The molecule has 3 atom stereocenters. The molecule has 184 valence electrons. The zero-order valence-electron chi connectivity index (χ0n) is 20.8. The monoisotopic (exact) mass is 489 g/mol. The molecule has 1 fully saturated rings. The van der Waals surface area contributed by atoms with Crippen molar-refractivity contribution in [1.82, 2.24) is 4.90 Å². The minimum atomic E-state index is -1.58. The molecule has 0 aromatic heterocycles. The summed E-state index contributed by atoms with van der Waals surface area (Å²) in [4.78, 5) is 16.1. The average molecular weight is 490 g/mol. The van der Waals surface area contributed by atoms with Crippen LogP contribution < -0.4 is 9.47 Å². The molecule has 0 bridgehead atoms. The van der Waals surface area contributed by atoms with Gasteiger partial charge in [0.15, 0.2) is 11.2 Å². The number of nitriles is 2. The van der Waals surface area contributed by atoms with E-state index in [2.05, 4.69) is 12.1 Å². The summed E-state index contributed by atoms with van der Waals surface area (Å²) in [6.07, 6.45) is 3.80. The van der Waals surface area contributed by atoms with Crippen molar-refractivity contribution in [3.8, 4) is 23.6 Å². The van der Waals surface area contributed by atoms with Crippen molar-refractivity contribution in [3.05, 3.63) is 101 Å². The molecule has 0 spiro atoms. The fourth-order valence-electron chi connectivity index (χ4n) is 5.72. The van der Waals surface area contributed by atoms with Crippen LogP contribution in [-0.2, 0) is 0 Å². The van der Waals surface area contributed by atoms with Crippen LogP contribution in [0, 0.1) is 28.1 Å². The standard InChI is InChI=1S/C31H27N3O3/c1-3-36-23-14-15-26(37-4-2)25(18-23)27-28(29(35)22-11-6-5-7-12-22)34-17-16-21-10-8-9-13-24(21)30(34)31(27,19-32)20-33/h5-18,27-28,30H,3-4H2,1-2H3/t27-,28+,30?/m0/s1. The zero-order chi connectivity index (χ0) is 26.0. The molecule has 6 nitrogen and oxygen atoms in total. The van der Waals surface area contributed by atoms with E-state index in [0.29, 0.717) is 35.8 Å². The van der Waals surface area contributed by atoms with E-state index in [1.807, 2.05) is 85.6 Å². The van der Waals surface area contributed by atoms with Crippen LogP contribution in [0.5, 0.6) is 11.5 Å². The van der Waals surface area contributed by atoms with Crippen LogP contribution in [0.2, 0.25) is 0 Å². The third kappa shape index (κ3) is 3.82. The van der Waals surface area contributed by atoms with Gasteiger partial charge in [0.05, 0.1) is 37.3 Å². The molecule has 0 radical (unpaired) electrons. The summed E-state index contributed by atoms with van der Waals surface area (Å²) in [5, 5.41) is 21.5. The molecule has 37 heavy (non-hydrogen) atoms. The number of carbonyl (C=O) groups excluding carboxylic acids is 1.